The SMILES string of the molecule is CCOc1c(F)cc(F)cc1C(=O)N1Cc2nn3c(C)c(Cl)c(C)nc3c2C1. The molecule has 9 heteroatoms. The van der Waals surface area contributed by atoms with Crippen LogP contribution in [0.4, 0.5) is 8.78 Å². The molecular weight excluding hydrogens is 390 g/mol. The third-order valence-electron chi connectivity index (χ3n) is 4.77. The maximum atomic E-state index is 14.1. The van der Waals surface area contributed by atoms with E-state index in [0.29, 0.717) is 28.1 Å². The second kappa shape index (κ2) is 6.70. The van der Waals surface area contributed by atoms with E-state index in [1.165, 1.54) is 4.90 Å². The average molecular weight is 407 g/mol. The molecule has 6 nitrogen and oxygen atoms in total. The number of benzene rings is 1. The van der Waals surface area contributed by atoms with Gasteiger partial charge in [-0.15, -0.1) is 0 Å². The van der Waals surface area contributed by atoms with Crippen LogP contribution in [0, 0.1) is 25.5 Å². The van der Waals surface area contributed by atoms with Crippen LogP contribution in [0.2, 0.25) is 5.02 Å². The minimum absolute atomic E-state index is 0.148. The van der Waals surface area contributed by atoms with Gasteiger partial charge in [0.25, 0.3) is 5.91 Å². The Morgan fingerprint density at radius 2 is 2.04 bits per heavy atom. The topological polar surface area (TPSA) is 59.7 Å². The Bertz CT molecular complexity index is 1130. The van der Waals surface area contributed by atoms with Crippen molar-refractivity contribution >= 4 is 23.2 Å². The van der Waals surface area contributed by atoms with Gasteiger partial charge in [-0.25, -0.2) is 18.3 Å². The molecule has 0 fully saturated rings. The summed E-state index contributed by atoms with van der Waals surface area (Å²) in [5.74, 6) is -2.51. The summed E-state index contributed by atoms with van der Waals surface area (Å²) in [7, 11) is 0. The normalized spacial score (nSPS) is 13.3. The summed E-state index contributed by atoms with van der Waals surface area (Å²) in [5, 5.41) is 5.05. The molecule has 0 saturated carbocycles. The van der Waals surface area contributed by atoms with Crippen LogP contribution in [0.1, 0.15) is 39.9 Å². The monoisotopic (exact) mass is 406 g/mol. The Kier molecular flexibility index (Phi) is 4.45. The minimum atomic E-state index is -0.905. The number of carbonyl (C=O) groups excluding carboxylic acids is 1. The Balaban J connectivity index is 1.72. The molecule has 0 atom stereocenters. The van der Waals surface area contributed by atoms with E-state index >= 15 is 0 Å². The molecule has 0 aliphatic carbocycles. The number of hydrogen-bond acceptors (Lipinski definition) is 4. The van der Waals surface area contributed by atoms with Gasteiger partial charge in [0.2, 0.25) is 0 Å². The largest absolute Gasteiger partial charge is 0.490 e. The van der Waals surface area contributed by atoms with Crippen molar-refractivity contribution in [3.63, 3.8) is 0 Å². The van der Waals surface area contributed by atoms with Crippen LogP contribution >= 0.6 is 11.6 Å². The van der Waals surface area contributed by atoms with Crippen LogP contribution in [-0.2, 0) is 13.1 Å². The number of halogens is 3. The molecule has 1 aromatic carbocycles. The van der Waals surface area contributed by atoms with Crippen molar-refractivity contribution in [1.82, 2.24) is 19.5 Å². The minimum Gasteiger partial charge on any atom is -0.490 e. The summed E-state index contributed by atoms with van der Waals surface area (Å²) in [5.41, 5.74) is 3.39. The number of fused-ring (bicyclic) bond motifs is 3. The highest BCUT2D eigenvalue weighted by atomic mass is 35.5. The summed E-state index contributed by atoms with van der Waals surface area (Å²) in [4.78, 5) is 18.9. The van der Waals surface area contributed by atoms with Gasteiger partial charge in [0, 0.05) is 11.6 Å². The molecule has 3 heterocycles. The number of aryl methyl sites for hydroxylation is 2. The fraction of sp³-hybridized carbons (Fsp3) is 0.316. The Morgan fingerprint density at radius 3 is 2.75 bits per heavy atom. The van der Waals surface area contributed by atoms with Crippen molar-refractivity contribution < 1.29 is 18.3 Å². The zero-order valence-corrected chi connectivity index (χ0v) is 16.3. The van der Waals surface area contributed by atoms with Crippen LogP contribution < -0.4 is 4.74 Å². The van der Waals surface area contributed by atoms with E-state index in [4.69, 9.17) is 16.3 Å². The average Bonchev–Trinajstić information content (AvgIpc) is 3.20. The molecule has 0 bridgehead atoms. The van der Waals surface area contributed by atoms with Crippen LogP contribution in [-0.4, -0.2) is 32.0 Å². The zero-order valence-electron chi connectivity index (χ0n) is 15.5. The lowest BCUT2D eigenvalue weighted by molar-refractivity contribution is 0.0744. The van der Waals surface area contributed by atoms with Crippen LogP contribution in [0.25, 0.3) is 5.65 Å². The molecule has 0 spiro atoms. The van der Waals surface area contributed by atoms with E-state index in [1.807, 2.05) is 6.92 Å². The summed E-state index contributed by atoms with van der Waals surface area (Å²) < 4.78 is 34.7. The number of hydrogen-bond donors (Lipinski definition) is 0. The zero-order chi connectivity index (χ0) is 20.2. The molecular formula is C19H17ClF2N4O2. The van der Waals surface area contributed by atoms with Crippen molar-refractivity contribution in [2.24, 2.45) is 0 Å². The molecule has 0 saturated heterocycles. The number of carbonyl (C=O) groups is 1. The third-order valence-corrected chi connectivity index (χ3v) is 5.32. The highest BCUT2D eigenvalue weighted by Gasteiger charge is 2.32. The van der Waals surface area contributed by atoms with Gasteiger partial charge < -0.3 is 9.64 Å². The number of amides is 1. The van der Waals surface area contributed by atoms with Crippen LogP contribution in [0.15, 0.2) is 12.1 Å². The first kappa shape index (κ1) is 18.6. The molecule has 2 aromatic heterocycles. The van der Waals surface area contributed by atoms with Crippen molar-refractivity contribution in [2.45, 2.75) is 33.9 Å². The van der Waals surface area contributed by atoms with Gasteiger partial charge in [-0.3, -0.25) is 4.79 Å². The second-order valence-corrected chi connectivity index (χ2v) is 6.99. The number of aromatic nitrogens is 3. The van der Waals surface area contributed by atoms with Gasteiger partial charge in [-0.1, -0.05) is 11.6 Å². The van der Waals surface area contributed by atoms with Gasteiger partial charge >= 0.3 is 0 Å². The fourth-order valence-electron chi connectivity index (χ4n) is 3.44. The van der Waals surface area contributed by atoms with Gasteiger partial charge in [-0.05, 0) is 26.8 Å². The molecule has 0 N–H and O–H groups in total. The molecule has 28 heavy (non-hydrogen) atoms. The van der Waals surface area contributed by atoms with Gasteiger partial charge in [-0.2, -0.15) is 5.10 Å². The standard InChI is InChI=1S/C19H17ClF2N4O2/c1-4-28-17-12(5-11(21)6-14(17)22)19(27)25-7-13-15(8-25)24-26-10(3)16(20)9(2)23-18(13)26/h5-6H,4,7-8H2,1-3H3. The van der Waals surface area contributed by atoms with Gasteiger partial charge in [0.05, 0.1) is 47.4 Å². The van der Waals surface area contributed by atoms with Crippen LogP contribution in [0.5, 0.6) is 5.75 Å². The Hall–Kier alpha value is -2.74. The maximum Gasteiger partial charge on any atom is 0.258 e. The second-order valence-electron chi connectivity index (χ2n) is 6.62. The number of rotatable bonds is 3. The Labute approximate surface area is 164 Å². The quantitative estimate of drug-likeness (QED) is 0.663. The predicted molar refractivity (Wildman–Crippen MR) is 98.6 cm³/mol. The van der Waals surface area contributed by atoms with Crippen molar-refractivity contribution in [3.8, 4) is 5.75 Å². The predicted octanol–water partition coefficient (Wildman–Crippen LogP) is 3.83. The van der Waals surface area contributed by atoms with E-state index < -0.39 is 17.5 Å². The van der Waals surface area contributed by atoms with E-state index in [2.05, 4.69) is 10.1 Å². The Morgan fingerprint density at radius 1 is 1.29 bits per heavy atom. The highest BCUT2D eigenvalue weighted by Crippen LogP contribution is 2.32. The summed E-state index contributed by atoms with van der Waals surface area (Å²) in [6.07, 6.45) is 0. The molecule has 1 aliphatic heterocycles. The lowest BCUT2D eigenvalue weighted by Gasteiger charge is -2.18. The van der Waals surface area contributed by atoms with E-state index in [0.717, 1.165) is 17.3 Å². The number of nitrogens with zero attached hydrogens (tertiary/aromatic N) is 4. The first-order valence-electron chi connectivity index (χ1n) is 8.76. The smallest absolute Gasteiger partial charge is 0.258 e. The lowest BCUT2D eigenvalue weighted by Crippen LogP contribution is -2.27. The van der Waals surface area contributed by atoms with Gasteiger partial charge in [0.1, 0.15) is 5.82 Å². The highest BCUT2D eigenvalue weighted by molar-refractivity contribution is 6.31. The number of ether oxygens (including phenoxy) is 1. The molecule has 146 valence electrons. The third kappa shape index (κ3) is 2.79. The molecule has 4 rings (SSSR count). The summed E-state index contributed by atoms with van der Waals surface area (Å²) in [6.45, 7) is 5.90. The van der Waals surface area contributed by atoms with E-state index in [1.54, 1.807) is 18.4 Å². The fourth-order valence-corrected chi connectivity index (χ4v) is 3.56. The first-order valence-corrected chi connectivity index (χ1v) is 9.13. The molecule has 1 amide bonds. The molecule has 0 unspecified atom stereocenters. The van der Waals surface area contributed by atoms with Crippen molar-refractivity contribution in [3.05, 3.63) is 57.0 Å². The first-order chi connectivity index (χ1) is 13.3. The summed E-state index contributed by atoms with van der Waals surface area (Å²) in [6, 6.07) is 1.69. The molecule has 0 radical (unpaired) electrons. The van der Waals surface area contributed by atoms with Gasteiger partial charge in [0.15, 0.2) is 17.2 Å². The summed E-state index contributed by atoms with van der Waals surface area (Å²) >= 11 is 6.24. The van der Waals surface area contributed by atoms with Crippen molar-refractivity contribution in [1.29, 1.82) is 0 Å². The molecule has 1 aliphatic rings. The maximum absolute atomic E-state index is 14.1. The van der Waals surface area contributed by atoms with E-state index in [-0.39, 0.29) is 31.0 Å². The lowest BCUT2D eigenvalue weighted by atomic mass is 10.1. The molecule has 3 aromatic rings. The van der Waals surface area contributed by atoms with E-state index in [9.17, 15) is 13.6 Å². The van der Waals surface area contributed by atoms with Crippen LogP contribution in [0.3, 0.4) is 0 Å². The van der Waals surface area contributed by atoms with Crippen molar-refractivity contribution in [2.75, 3.05) is 6.61 Å².